The first-order chi connectivity index (χ1) is 11.6. The normalized spacial score (nSPS) is 24.8. The molecule has 0 aromatic carbocycles. The predicted octanol–water partition coefficient (Wildman–Crippen LogP) is 3.45. The van der Waals surface area contributed by atoms with Gasteiger partial charge in [0.1, 0.15) is 17.6 Å². The number of piperazine rings is 1. The zero-order valence-electron chi connectivity index (χ0n) is 16.0. The molecule has 0 aromatic rings. The van der Waals surface area contributed by atoms with Crippen LogP contribution in [0.15, 0.2) is 26.4 Å². The van der Waals surface area contributed by atoms with Gasteiger partial charge in [0.25, 0.3) is 0 Å². The number of aliphatic imine (C=N–C) groups is 1. The van der Waals surface area contributed by atoms with E-state index in [1.807, 2.05) is 33.8 Å². The molecule has 2 rings (SSSR count). The second-order valence-electron chi connectivity index (χ2n) is 7.45. The van der Waals surface area contributed by atoms with Crippen LogP contribution >= 0.6 is 22.6 Å². The minimum atomic E-state index is -0.538. The van der Waals surface area contributed by atoms with Crippen LogP contribution in [0, 0.1) is 0 Å². The van der Waals surface area contributed by atoms with Gasteiger partial charge in [-0.05, 0) is 64.3 Å². The molecule has 6 nitrogen and oxygen atoms in total. The van der Waals surface area contributed by atoms with Gasteiger partial charge in [-0.1, -0.05) is 6.08 Å². The molecule has 0 N–H and O–H groups in total. The summed E-state index contributed by atoms with van der Waals surface area (Å²) in [6.45, 7) is 13.7. The quantitative estimate of drug-likeness (QED) is 0.593. The third kappa shape index (κ3) is 5.27. The highest BCUT2D eigenvalue weighted by Gasteiger charge is 2.33. The second-order valence-corrected chi connectivity index (χ2v) is 8.62. The van der Waals surface area contributed by atoms with Gasteiger partial charge in [-0.25, -0.2) is 14.7 Å². The van der Waals surface area contributed by atoms with Crippen molar-refractivity contribution < 1.29 is 9.53 Å². The van der Waals surface area contributed by atoms with Gasteiger partial charge in [0.15, 0.2) is 0 Å². The number of carbonyl (C=O) groups excluding carboxylic acids is 1. The Morgan fingerprint density at radius 2 is 1.92 bits per heavy atom. The maximum atomic E-state index is 12.6. The van der Waals surface area contributed by atoms with E-state index in [-0.39, 0.29) is 12.3 Å². The summed E-state index contributed by atoms with van der Waals surface area (Å²) in [5, 5.41) is 0. The van der Waals surface area contributed by atoms with E-state index in [0.717, 1.165) is 35.3 Å². The van der Waals surface area contributed by atoms with Gasteiger partial charge in [-0.2, -0.15) is 0 Å². The fraction of sp³-hybridized carbons (Fsp3) is 0.667. The zero-order valence-corrected chi connectivity index (χ0v) is 18.2. The lowest BCUT2D eigenvalue weighted by atomic mass is 10.2. The van der Waals surface area contributed by atoms with Crippen LogP contribution in [0.3, 0.4) is 0 Å². The Kier molecular flexibility index (Phi) is 6.67. The van der Waals surface area contributed by atoms with E-state index < -0.39 is 5.60 Å². The third-order valence-corrected chi connectivity index (χ3v) is 5.08. The van der Waals surface area contributed by atoms with Crippen LogP contribution in [0.2, 0.25) is 0 Å². The van der Waals surface area contributed by atoms with Crippen LogP contribution in [-0.2, 0) is 4.74 Å². The maximum Gasteiger partial charge on any atom is 0.420 e. The average molecular weight is 460 g/mol. The highest BCUT2D eigenvalue weighted by atomic mass is 127. The third-order valence-electron chi connectivity index (χ3n) is 4.22. The van der Waals surface area contributed by atoms with Gasteiger partial charge in [0, 0.05) is 41.5 Å². The summed E-state index contributed by atoms with van der Waals surface area (Å²) < 4.78 is 6.54. The summed E-state index contributed by atoms with van der Waals surface area (Å²) in [4.78, 5) is 23.7. The molecule has 25 heavy (non-hydrogen) atoms. The van der Waals surface area contributed by atoms with E-state index in [1.165, 1.54) is 4.90 Å². The molecule has 1 fully saturated rings. The molecule has 0 bridgehead atoms. The van der Waals surface area contributed by atoms with Crippen LogP contribution in [0.25, 0.3) is 0 Å². The molecule has 1 saturated heterocycles. The Morgan fingerprint density at radius 1 is 1.32 bits per heavy atom. The van der Waals surface area contributed by atoms with E-state index in [0.29, 0.717) is 5.84 Å². The lowest BCUT2D eigenvalue weighted by molar-refractivity contribution is 0.0428. The SMILES string of the molecule is C/C=C1/C(I)=CN(C(=O)OC(C)(C)C)C1=NC(C)N1CCN(C)CC1. The number of halogens is 1. The number of likely N-dealkylation sites (N-methyl/N-ethyl adjacent to an activating group) is 1. The van der Waals surface area contributed by atoms with Gasteiger partial charge < -0.3 is 9.64 Å². The lowest BCUT2D eigenvalue weighted by Gasteiger charge is -2.35. The molecule has 2 aliphatic heterocycles. The minimum Gasteiger partial charge on any atom is -0.443 e. The number of rotatable bonds is 2. The Balaban J connectivity index is 2.22. The topological polar surface area (TPSA) is 48.4 Å². The van der Waals surface area contributed by atoms with Crippen LogP contribution in [-0.4, -0.2) is 71.6 Å². The summed E-state index contributed by atoms with van der Waals surface area (Å²) in [7, 11) is 2.14. The monoisotopic (exact) mass is 460 g/mol. The lowest BCUT2D eigenvalue weighted by Crippen LogP contribution is -2.48. The summed E-state index contributed by atoms with van der Waals surface area (Å²) in [5.41, 5.74) is 0.441. The van der Waals surface area contributed by atoms with Gasteiger partial charge in [0.05, 0.1) is 0 Å². The average Bonchev–Trinajstić information content (AvgIpc) is 2.82. The van der Waals surface area contributed by atoms with Crippen molar-refractivity contribution in [3.63, 3.8) is 0 Å². The first-order valence-electron chi connectivity index (χ1n) is 8.69. The first-order valence-corrected chi connectivity index (χ1v) is 9.77. The number of nitrogens with zero attached hydrogens (tertiary/aromatic N) is 4. The van der Waals surface area contributed by atoms with Gasteiger partial charge in [0.2, 0.25) is 0 Å². The molecule has 0 saturated carbocycles. The van der Waals surface area contributed by atoms with Crippen LogP contribution in [0.4, 0.5) is 4.79 Å². The summed E-state index contributed by atoms with van der Waals surface area (Å²) in [5.74, 6) is 0.674. The molecule has 2 heterocycles. The van der Waals surface area contributed by atoms with Crippen molar-refractivity contribution in [3.05, 3.63) is 21.4 Å². The molecule has 0 radical (unpaired) electrons. The molecule has 0 aliphatic carbocycles. The predicted molar refractivity (Wildman–Crippen MR) is 110 cm³/mol. The van der Waals surface area contributed by atoms with Crippen LogP contribution in [0.1, 0.15) is 34.6 Å². The van der Waals surface area contributed by atoms with Gasteiger partial charge in [-0.15, -0.1) is 0 Å². The molecule has 2 aliphatic rings. The molecule has 1 unspecified atom stereocenters. The first kappa shape index (κ1) is 20.4. The number of hydrogen-bond acceptors (Lipinski definition) is 5. The number of allylic oxidation sites excluding steroid dienone is 1. The zero-order chi connectivity index (χ0) is 18.8. The number of amidine groups is 1. The summed E-state index contributed by atoms with van der Waals surface area (Å²) >= 11 is 2.24. The molecule has 1 amide bonds. The number of amides is 1. The summed E-state index contributed by atoms with van der Waals surface area (Å²) in [6.07, 6.45) is 3.43. The highest BCUT2D eigenvalue weighted by Crippen LogP contribution is 2.30. The van der Waals surface area contributed by atoms with Crippen LogP contribution < -0.4 is 0 Å². The van der Waals surface area contributed by atoms with Crippen molar-refractivity contribution in [2.75, 3.05) is 33.2 Å². The smallest absolute Gasteiger partial charge is 0.420 e. The fourth-order valence-corrected chi connectivity index (χ4v) is 3.61. The summed E-state index contributed by atoms with van der Waals surface area (Å²) in [6, 6.07) is 0. The highest BCUT2D eigenvalue weighted by molar-refractivity contribution is 14.1. The number of ether oxygens (including phenoxy) is 1. The van der Waals surface area contributed by atoms with E-state index in [1.54, 1.807) is 6.20 Å². The van der Waals surface area contributed by atoms with Gasteiger partial charge >= 0.3 is 6.09 Å². The molecule has 140 valence electrons. The van der Waals surface area contributed by atoms with E-state index >= 15 is 0 Å². The standard InChI is InChI=1S/C18H29IN4O2/c1-7-14-15(19)12-23(17(24)25-18(3,4)5)16(14)20-13(2)22-10-8-21(6)9-11-22/h7,12-13H,8-11H2,1-6H3/b14-7-,20-16?. The van der Waals surface area contributed by atoms with Gasteiger partial charge in [-0.3, -0.25) is 4.90 Å². The Labute approximate surface area is 164 Å². The molecule has 1 atom stereocenters. The second kappa shape index (κ2) is 8.18. The van der Waals surface area contributed by atoms with Crippen molar-refractivity contribution in [1.82, 2.24) is 14.7 Å². The minimum absolute atomic E-state index is 0.0132. The van der Waals surface area contributed by atoms with Crippen molar-refractivity contribution in [2.24, 2.45) is 4.99 Å². The van der Waals surface area contributed by atoms with E-state index in [9.17, 15) is 4.79 Å². The Hall–Kier alpha value is -0.930. The largest absolute Gasteiger partial charge is 0.443 e. The van der Waals surface area contributed by atoms with Crippen molar-refractivity contribution in [2.45, 2.75) is 46.4 Å². The number of carbonyl (C=O) groups is 1. The number of hydrogen-bond donors (Lipinski definition) is 0. The molecule has 0 aromatic heterocycles. The van der Waals surface area contributed by atoms with Crippen molar-refractivity contribution in [1.29, 1.82) is 0 Å². The van der Waals surface area contributed by atoms with E-state index in [4.69, 9.17) is 9.73 Å². The molecular weight excluding hydrogens is 431 g/mol. The van der Waals surface area contributed by atoms with Crippen molar-refractivity contribution >= 4 is 34.5 Å². The molecule has 7 heteroatoms. The Morgan fingerprint density at radius 3 is 2.44 bits per heavy atom. The maximum absolute atomic E-state index is 12.6. The van der Waals surface area contributed by atoms with E-state index in [2.05, 4.69) is 46.4 Å². The van der Waals surface area contributed by atoms with Crippen LogP contribution in [0.5, 0.6) is 0 Å². The Bertz CT molecular complexity index is 599. The molecular formula is C18H29IN4O2. The molecule has 0 spiro atoms. The fourth-order valence-electron chi connectivity index (χ4n) is 2.78. The van der Waals surface area contributed by atoms with Crippen molar-refractivity contribution in [3.8, 4) is 0 Å².